The lowest BCUT2D eigenvalue weighted by atomic mass is 10.1. The summed E-state index contributed by atoms with van der Waals surface area (Å²) < 4.78 is 10.3. The number of ether oxygens (including phenoxy) is 2. The first kappa shape index (κ1) is 8.96. The first-order chi connectivity index (χ1) is 6.72. The summed E-state index contributed by atoms with van der Waals surface area (Å²) in [5.41, 5.74) is 0.813. The van der Waals surface area contributed by atoms with E-state index in [9.17, 15) is 10.0 Å². The van der Waals surface area contributed by atoms with Crippen LogP contribution < -0.4 is 4.73 Å². The van der Waals surface area contributed by atoms with Crippen molar-refractivity contribution in [2.45, 2.75) is 12.2 Å². The second-order valence-corrected chi connectivity index (χ2v) is 2.99. The maximum absolute atomic E-state index is 11.0. The summed E-state index contributed by atoms with van der Waals surface area (Å²) in [6.07, 6.45) is 1.96. The van der Waals surface area contributed by atoms with Crippen LogP contribution in [0.1, 0.15) is 11.7 Å². The molecule has 1 saturated heterocycles. The second-order valence-electron chi connectivity index (χ2n) is 2.99. The van der Waals surface area contributed by atoms with Crippen LogP contribution >= 0.6 is 0 Å². The van der Waals surface area contributed by atoms with Crippen LogP contribution in [0.15, 0.2) is 24.5 Å². The number of esters is 1. The van der Waals surface area contributed by atoms with Crippen molar-refractivity contribution in [3.05, 3.63) is 35.3 Å². The van der Waals surface area contributed by atoms with E-state index in [0.717, 1.165) is 5.56 Å². The fourth-order valence-corrected chi connectivity index (χ4v) is 1.28. The van der Waals surface area contributed by atoms with Gasteiger partial charge in [0.25, 0.3) is 0 Å². The maximum Gasteiger partial charge on any atom is 0.338 e. The topological polar surface area (TPSA) is 65.8 Å². The molecule has 0 aromatic carbocycles. The Morgan fingerprint density at radius 3 is 2.79 bits per heavy atom. The van der Waals surface area contributed by atoms with Crippen LogP contribution in [-0.4, -0.2) is 19.2 Å². The molecule has 1 aromatic heterocycles. The van der Waals surface area contributed by atoms with Gasteiger partial charge in [-0.05, 0) is 5.56 Å². The molecule has 0 unspecified atom stereocenters. The first-order valence-corrected chi connectivity index (χ1v) is 4.14. The number of carbonyl (C=O) groups excluding carboxylic acids is 1. The van der Waals surface area contributed by atoms with Crippen LogP contribution in [0.2, 0.25) is 0 Å². The minimum atomic E-state index is -0.512. The smallest absolute Gasteiger partial charge is 0.338 e. The Bertz CT molecular complexity index is 348. The van der Waals surface area contributed by atoms with Gasteiger partial charge in [-0.3, -0.25) is 0 Å². The highest BCUT2D eigenvalue weighted by Crippen LogP contribution is 2.38. The van der Waals surface area contributed by atoms with Gasteiger partial charge in [0.05, 0.1) is 7.11 Å². The molecule has 1 aromatic rings. The molecule has 0 radical (unpaired) electrons. The monoisotopic (exact) mass is 195 g/mol. The third-order valence-electron chi connectivity index (χ3n) is 2.08. The van der Waals surface area contributed by atoms with Gasteiger partial charge in [0.1, 0.15) is 6.10 Å². The van der Waals surface area contributed by atoms with Crippen LogP contribution in [0.4, 0.5) is 0 Å². The van der Waals surface area contributed by atoms with Crippen molar-refractivity contribution >= 4 is 5.97 Å². The van der Waals surface area contributed by atoms with Gasteiger partial charge < -0.3 is 14.7 Å². The standard InChI is InChI=1S/C9H9NO4/c1-13-9(11)8-7(14-8)6-2-4-10(12)5-3-6/h2-5,7-8H,1H3/t7-,8-/m1/s1. The Kier molecular flexibility index (Phi) is 2.09. The van der Waals surface area contributed by atoms with Gasteiger partial charge in [-0.1, -0.05) is 0 Å². The second kappa shape index (κ2) is 3.26. The van der Waals surface area contributed by atoms with Crippen LogP contribution in [-0.2, 0) is 14.3 Å². The summed E-state index contributed by atoms with van der Waals surface area (Å²) in [7, 11) is 1.32. The van der Waals surface area contributed by atoms with Crippen molar-refractivity contribution in [1.82, 2.24) is 0 Å². The zero-order valence-electron chi connectivity index (χ0n) is 7.54. The zero-order chi connectivity index (χ0) is 10.1. The molecule has 5 heteroatoms. The Balaban J connectivity index is 2.06. The van der Waals surface area contributed by atoms with E-state index >= 15 is 0 Å². The quantitative estimate of drug-likeness (QED) is 0.287. The molecule has 1 fully saturated rings. The van der Waals surface area contributed by atoms with Gasteiger partial charge in [0.2, 0.25) is 0 Å². The lowest BCUT2D eigenvalue weighted by Crippen LogP contribution is -2.23. The minimum absolute atomic E-state index is 0.261. The predicted octanol–water partition coefficient (Wildman–Crippen LogP) is -0.0671. The van der Waals surface area contributed by atoms with Gasteiger partial charge in [0.15, 0.2) is 18.5 Å². The van der Waals surface area contributed by atoms with Crippen LogP contribution in [0, 0.1) is 5.21 Å². The van der Waals surface area contributed by atoms with Crippen LogP contribution in [0.3, 0.4) is 0 Å². The molecule has 2 heterocycles. The normalized spacial score (nSPS) is 24.4. The molecule has 14 heavy (non-hydrogen) atoms. The van der Waals surface area contributed by atoms with Gasteiger partial charge >= 0.3 is 5.97 Å². The molecule has 2 rings (SSSR count). The molecule has 0 N–H and O–H groups in total. The molecule has 1 aliphatic rings. The number of pyridine rings is 1. The third kappa shape index (κ3) is 1.54. The number of methoxy groups -OCH3 is 1. The van der Waals surface area contributed by atoms with Crippen molar-refractivity contribution in [2.75, 3.05) is 7.11 Å². The Labute approximate surface area is 80.5 Å². The van der Waals surface area contributed by atoms with E-state index in [2.05, 4.69) is 4.74 Å². The Morgan fingerprint density at radius 2 is 2.21 bits per heavy atom. The summed E-state index contributed by atoms with van der Waals surface area (Å²) in [6.45, 7) is 0. The number of hydrogen-bond acceptors (Lipinski definition) is 4. The number of epoxide rings is 1. The van der Waals surface area contributed by atoms with Crippen molar-refractivity contribution in [3.63, 3.8) is 0 Å². The number of aromatic nitrogens is 1. The minimum Gasteiger partial charge on any atom is -0.619 e. The number of nitrogens with zero attached hydrogens (tertiary/aromatic N) is 1. The molecule has 0 spiro atoms. The summed E-state index contributed by atoms with van der Waals surface area (Å²) in [6, 6.07) is 3.25. The van der Waals surface area contributed by atoms with E-state index in [1.807, 2.05) is 0 Å². The van der Waals surface area contributed by atoms with Crippen molar-refractivity contribution in [2.24, 2.45) is 0 Å². The number of hydrogen-bond donors (Lipinski definition) is 0. The van der Waals surface area contributed by atoms with E-state index in [-0.39, 0.29) is 12.1 Å². The lowest BCUT2D eigenvalue weighted by molar-refractivity contribution is -0.605. The zero-order valence-corrected chi connectivity index (χ0v) is 7.54. The molecule has 1 aliphatic heterocycles. The highest BCUT2D eigenvalue weighted by atomic mass is 16.6. The van der Waals surface area contributed by atoms with Crippen LogP contribution in [0.5, 0.6) is 0 Å². The summed E-state index contributed by atoms with van der Waals surface area (Å²) in [5, 5.41) is 10.7. The lowest BCUT2D eigenvalue weighted by Gasteiger charge is -1.96. The highest BCUT2D eigenvalue weighted by molar-refractivity contribution is 5.78. The number of rotatable bonds is 2. The Morgan fingerprint density at radius 1 is 1.57 bits per heavy atom. The van der Waals surface area contributed by atoms with E-state index in [1.165, 1.54) is 19.5 Å². The largest absolute Gasteiger partial charge is 0.619 e. The molecule has 0 amide bonds. The molecular formula is C9H9NO4. The van der Waals surface area contributed by atoms with Gasteiger partial charge in [-0.2, -0.15) is 4.73 Å². The molecule has 5 nitrogen and oxygen atoms in total. The highest BCUT2D eigenvalue weighted by Gasteiger charge is 2.47. The molecule has 74 valence electrons. The molecule has 0 bridgehead atoms. The van der Waals surface area contributed by atoms with Crippen molar-refractivity contribution < 1.29 is 19.0 Å². The van der Waals surface area contributed by atoms with Crippen LogP contribution in [0.25, 0.3) is 0 Å². The molecular weight excluding hydrogens is 186 g/mol. The van der Waals surface area contributed by atoms with Gasteiger partial charge in [-0.25, -0.2) is 4.79 Å². The summed E-state index contributed by atoms with van der Waals surface area (Å²) >= 11 is 0. The summed E-state index contributed by atoms with van der Waals surface area (Å²) in [5.74, 6) is -0.381. The van der Waals surface area contributed by atoms with E-state index in [4.69, 9.17) is 4.74 Å². The maximum atomic E-state index is 11.0. The fourth-order valence-electron chi connectivity index (χ4n) is 1.28. The summed E-state index contributed by atoms with van der Waals surface area (Å²) in [4.78, 5) is 11.0. The SMILES string of the molecule is COC(=O)[C@@H]1O[C@@H]1c1cc[n+]([O-])cc1. The van der Waals surface area contributed by atoms with E-state index < -0.39 is 6.10 Å². The fraction of sp³-hybridized carbons (Fsp3) is 0.333. The molecule has 0 aliphatic carbocycles. The number of carbonyl (C=O) groups is 1. The van der Waals surface area contributed by atoms with Gasteiger partial charge in [0, 0.05) is 12.1 Å². The van der Waals surface area contributed by atoms with E-state index in [1.54, 1.807) is 12.1 Å². The van der Waals surface area contributed by atoms with Gasteiger partial charge in [-0.15, -0.1) is 0 Å². The molecule has 2 atom stereocenters. The first-order valence-electron chi connectivity index (χ1n) is 4.14. The van der Waals surface area contributed by atoms with Crippen molar-refractivity contribution in [1.29, 1.82) is 0 Å². The predicted molar refractivity (Wildman–Crippen MR) is 45.0 cm³/mol. The molecule has 0 saturated carbocycles. The third-order valence-corrected chi connectivity index (χ3v) is 2.08. The average molecular weight is 195 g/mol. The Hall–Kier alpha value is -1.62. The average Bonchev–Trinajstić information content (AvgIpc) is 2.98. The van der Waals surface area contributed by atoms with Crippen molar-refractivity contribution in [3.8, 4) is 0 Å². The van der Waals surface area contributed by atoms with E-state index in [0.29, 0.717) is 4.73 Å².